The van der Waals surface area contributed by atoms with Gasteiger partial charge in [-0.05, 0) is 282 Å². The van der Waals surface area contributed by atoms with Gasteiger partial charge in [0.2, 0.25) is 0 Å². The summed E-state index contributed by atoms with van der Waals surface area (Å²) in [6, 6.07) is 5.25. The van der Waals surface area contributed by atoms with E-state index >= 15 is 0 Å². The predicted molar refractivity (Wildman–Crippen MR) is 462 cm³/mol. The molecule has 2 nitrogen and oxygen atoms in total. The van der Waals surface area contributed by atoms with Crippen LogP contribution >= 0.6 is 0 Å². The van der Waals surface area contributed by atoms with Crippen molar-refractivity contribution >= 4 is 22.8 Å². The van der Waals surface area contributed by atoms with Crippen molar-refractivity contribution in [3.05, 3.63) is 154 Å². The van der Waals surface area contributed by atoms with Crippen LogP contribution in [0.3, 0.4) is 0 Å². The molecule has 2 aromatic rings. The second-order valence-corrected chi connectivity index (χ2v) is 30.2. The van der Waals surface area contributed by atoms with E-state index in [0.717, 1.165) is 128 Å². The van der Waals surface area contributed by atoms with Crippen molar-refractivity contribution in [2.75, 3.05) is 0 Å². The summed E-state index contributed by atoms with van der Waals surface area (Å²) in [5.74, 6) is 0. The maximum Gasteiger partial charge on any atom is 0.0671 e. The van der Waals surface area contributed by atoms with E-state index in [1.807, 2.05) is 0 Å². The second-order valence-electron chi connectivity index (χ2n) is 30.2. The van der Waals surface area contributed by atoms with Crippen LogP contribution in [0, 0.1) is 0 Å². The van der Waals surface area contributed by atoms with Gasteiger partial charge in [-0.1, -0.05) is 320 Å². The molecule has 0 unspecified atom stereocenters. The monoisotopic (exact) mass is 1380 g/mol. The Labute approximate surface area is 631 Å². The van der Waals surface area contributed by atoms with Gasteiger partial charge in [0.15, 0.2) is 0 Å². The minimum absolute atomic E-state index is 0.935. The van der Waals surface area contributed by atoms with Gasteiger partial charge in [-0.3, -0.25) is 9.98 Å². The molecule has 0 bridgehead atoms. The molecule has 0 aliphatic heterocycles. The Hall–Kier alpha value is -4.30. The van der Waals surface area contributed by atoms with Crippen LogP contribution in [0.2, 0.25) is 0 Å². The zero-order valence-corrected chi connectivity index (χ0v) is 69.0. The summed E-state index contributed by atoms with van der Waals surface area (Å²) in [5, 5.41) is 0. The first-order valence-corrected chi connectivity index (χ1v) is 44.5. The summed E-state index contributed by atoms with van der Waals surface area (Å²) in [7, 11) is 0. The van der Waals surface area contributed by atoms with E-state index in [1.165, 1.54) is 296 Å². The molecule has 0 saturated heterocycles. The first-order chi connectivity index (χ1) is 49.9. The van der Waals surface area contributed by atoms with Crippen LogP contribution in [-0.4, -0.2) is 11.4 Å². The Morgan fingerprint density at radius 3 is 0.673 bits per heavy atom. The summed E-state index contributed by atoms with van der Waals surface area (Å²) in [6.45, 7) is 23.4. The van der Waals surface area contributed by atoms with Crippen molar-refractivity contribution in [3.8, 4) is 0 Å². The lowest BCUT2D eigenvalue weighted by atomic mass is 9.85. The molecule has 0 saturated carbocycles. The number of nitrogens with zero attached hydrogens (tertiary/aromatic N) is 2. The van der Waals surface area contributed by atoms with E-state index in [9.17, 15) is 0 Å². The molecule has 2 heteroatoms. The first kappa shape index (κ1) is 92.8. The molecule has 0 amide bonds. The molecule has 101 heavy (non-hydrogen) atoms. The van der Waals surface area contributed by atoms with E-state index in [-0.39, 0.29) is 0 Å². The van der Waals surface area contributed by atoms with Gasteiger partial charge in [0, 0.05) is 0 Å². The average molecular weight is 1380 g/mol. The minimum atomic E-state index is 0.935. The Balaban J connectivity index is 3.31. The molecule has 0 aliphatic rings. The van der Waals surface area contributed by atoms with E-state index < -0.39 is 0 Å². The summed E-state index contributed by atoms with van der Waals surface area (Å²) in [6.07, 6.45) is 112. The van der Waals surface area contributed by atoms with Gasteiger partial charge in [0.1, 0.15) is 0 Å². The topological polar surface area (TPSA) is 24.7 Å². The average Bonchev–Trinajstić information content (AvgIpc) is 0.794. The first-order valence-electron chi connectivity index (χ1n) is 44.5. The van der Waals surface area contributed by atoms with Crippen LogP contribution in [0.5, 0.6) is 0 Å². The number of aryl methyl sites for hydroxylation is 2. The second kappa shape index (κ2) is 70.0. The molecule has 572 valence electrons. The Morgan fingerprint density at radius 2 is 0.426 bits per heavy atom. The fourth-order valence-electron chi connectivity index (χ4n) is 14.5. The number of unbranched alkanes of at least 4 members (excludes halogenated alkanes) is 33. The molecule has 0 spiro atoms. The highest BCUT2D eigenvalue weighted by molar-refractivity contribution is 6.42. The lowest BCUT2D eigenvalue weighted by Gasteiger charge is -2.22. The van der Waals surface area contributed by atoms with Crippen molar-refractivity contribution in [1.29, 1.82) is 0 Å². The molecule has 0 atom stereocenters. The highest BCUT2D eigenvalue weighted by Crippen LogP contribution is 2.37. The van der Waals surface area contributed by atoms with Gasteiger partial charge in [0.25, 0.3) is 0 Å². The van der Waals surface area contributed by atoms with E-state index in [4.69, 9.17) is 9.98 Å². The van der Waals surface area contributed by atoms with E-state index in [0.29, 0.717) is 0 Å². The van der Waals surface area contributed by atoms with Crippen LogP contribution in [0.25, 0.3) is 0 Å². The Bertz CT molecular complexity index is 2560. The molecule has 2 rings (SSSR count). The lowest BCUT2D eigenvalue weighted by molar-refractivity contribution is 0.673. The zero-order chi connectivity index (χ0) is 72.8. The van der Waals surface area contributed by atoms with Gasteiger partial charge in [-0.2, -0.15) is 0 Å². The standard InChI is InChI=1S/C99H166N2/c1-11-20-29-37-45-53-61-69-77-89-86-98(95(83-75-67-59-51-43-35-26-17-7)93(81-73-65-57-49-41-33-24-15-5)91(89)79-71-63-55-47-39-31-22-13-3)100-88(10)97(85-28-19-9)101-99-87-90(78-70-62-54-46-38-30-21-12-2)92(80-72-64-56-48-40-32-23-14-4)94(82-74-66-58-50-42-34-25-16-6)96(99)84-76-68-60-52-44-36-27-18-8/h53-68,86-87H,11-52,69-85H2,1-10H3/b61-53+,62-54+,63-55+,64-56+,65-57+,66-58+,67-59+,68-60+,100-88?,101-97?. The number of hydrogen-bond donors (Lipinski definition) is 0. The van der Waals surface area contributed by atoms with Crippen molar-refractivity contribution < 1.29 is 0 Å². The molecule has 0 N–H and O–H groups in total. The summed E-state index contributed by atoms with van der Waals surface area (Å²) in [4.78, 5) is 12.3. The zero-order valence-electron chi connectivity index (χ0n) is 69.0. The molecule has 0 radical (unpaired) electrons. The number of aliphatic imine (C=N–C) groups is 2. The van der Waals surface area contributed by atoms with Crippen LogP contribution in [0.1, 0.15) is 441 Å². The van der Waals surface area contributed by atoms with Gasteiger partial charge in [-0.25, -0.2) is 0 Å². The number of hydrogen-bond acceptors (Lipinski definition) is 2. The largest absolute Gasteiger partial charge is 0.252 e. The summed E-state index contributed by atoms with van der Waals surface area (Å²) in [5.41, 5.74) is 17.3. The summed E-state index contributed by atoms with van der Waals surface area (Å²) < 4.78 is 0. The van der Waals surface area contributed by atoms with Gasteiger partial charge in [-0.15, -0.1) is 0 Å². The third-order valence-electron chi connectivity index (χ3n) is 20.9. The van der Waals surface area contributed by atoms with Crippen molar-refractivity contribution in [2.24, 2.45) is 9.98 Å². The molecular formula is C99H166N2. The molecule has 0 fully saturated rings. The highest BCUT2D eigenvalue weighted by atomic mass is 14.8. The number of benzene rings is 2. The minimum Gasteiger partial charge on any atom is -0.252 e. The smallest absolute Gasteiger partial charge is 0.0671 e. The van der Waals surface area contributed by atoms with E-state index in [1.54, 1.807) is 22.3 Å². The Kier molecular flexibility index (Phi) is 64.3. The fourth-order valence-corrected chi connectivity index (χ4v) is 14.5. The Morgan fingerprint density at radius 1 is 0.218 bits per heavy atom. The maximum atomic E-state index is 6.18. The maximum absolute atomic E-state index is 6.18. The van der Waals surface area contributed by atoms with Crippen molar-refractivity contribution in [3.63, 3.8) is 0 Å². The third-order valence-corrected chi connectivity index (χ3v) is 20.9. The third kappa shape index (κ3) is 48.4. The molecule has 0 aliphatic carbocycles. The van der Waals surface area contributed by atoms with Gasteiger partial charge >= 0.3 is 0 Å². The quantitative estimate of drug-likeness (QED) is 0.0358. The van der Waals surface area contributed by atoms with E-state index in [2.05, 4.69) is 179 Å². The summed E-state index contributed by atoms with van der Waals surface area (Å²) >= 11 is 0. The van der Waals surface area contributed by atoms with Crippen LogP contribution in [0.15, 0.2) is 119 Å². The van der Waals surface area contributed by atoms with Gasteiger partial charge in [0.05, 0.1) is 22.8 Å². The fraction of sp³-hybridized carbons (Fsp3) is 0.697. The van der Waals surface area contributed by atoms with Crippen molar-refractivity contribution in [2.45, 2.75) is 448 Å². The lowest BCUT2D eigenvalue weighted by Crippen LogP contribution is -2.13. The highest BCUT2D eigenvalue weighted by Gasteiger charge is 2.21. The predicted octanol–water partition coefficient (Wildman–Crippen LogP) is 33.4. The van der Waals surface area contributed by atoms with Crippen LogP contribution in [-0.2, 0) is 51.4 Å². The molecular weight excluding hydrogens is 1220 g/mol. The van der Waals surface area contributed by atoms with Gasteiger partial charge < -0.3 is 0 Å². The number of allylic oxidation sites excluding steroid dienone is 16. The molecule has 0 heterocycles. The SMILES string of the molecule is CCCCCC/C=C/CCc1cc(N=C(C)C(CCCC)=Nc2cc(CC/C=C/CCCCCC)c(CC/C=C/CCCCCC)c(CC/C=C/CCCCCC)c2CC/C=C/CCCCCC)c(CC/C=C/CCCCCC)c(CC/C=C/CCCCCC)c1CC/C=C/CCCCCC. The molecule has 2 aromatic carbocycles. The molecule has 0 aromatic heterocycles. The van der Waals surface area contributed by atoms with Crippen LogP contribution in [0.4, 0.5) is 11.4 Å². The number of rotatable bonds is 70. The normalized spacial score (nSPS) is 12.8. The van der Waals surface area contributed by atoms with Crippen LogP contribution < -0.4 is 0 Å². The van der Waals surface area contributed by atoms with Crippen molar-refractivity contribution in [1.82, 2.24) is 0 Å².